The molecule has 5 heteroatoms. The van der Waals surface area contributed by atoms with Gasteiger partial charge < -0.3 is 15.5 Å². The zero-order chi connectivity index (χ0) is 15.1. The molecule has 0 amide bonds. The maximum absolute atomic E-state index is 13.5. The summed E-state index contributed by atoms with van der Waals surface area (Å²) in [7, 11) is 3.92. The molecule has 116 valence electrons. The molecule has 0 radical (unpaired) electrons. The summed E-state index contributed by atoms with van der Waals surface area (Å²) in [6.07, 6.45) is 3.15. The maximum atomic E-state index is 13.5. The standard InChI is InChI=1S/C16H25FN4/c1-18-16(20-12-14-7-5-11-21(14)2)19-10-9-13-6-3-4-8-15(13)17/h3-4,6,8,14H,5,7,9-12H2,1-2H3,(H2,18,19,20). The van der Waals surface area contributed by atoms with Crippen LogP contribution in [0.5, 0.6) is 0 Å². The van der Waals surface area contributed by atoms with Crippen molar-refractivity contribution in [3.05, 3.63) is 35.6 Å². The van der Waals surface area contributed by atoms with Gasteiger partial charge in [-0.05, 0) is 44.5 Å². The van der Waals surface area contributed by atoms with E-state index in [4.69, 9.17) is 0 Å². The highest BCUT2D eigenvalue weighted by atomic mass is 19.1. The minimum Gasteiger partial charge on any atom is -0.356 e. The van der Waals surface area contributed by atoms with Gasteiger partial charge in [-0.2, -0.15) is 0 Å². The van der Waals surface area contributed by atoms with Gasteiger partial charge in [0.2, 0.25) is 0 Å². The van der Waals surface area contributed by atoms with Crippen molar-refractivity contribution < 1.29 is 4.39 Å². The minimum absolute atomic E-state index is 0.144. The average Bonchev–Trinajstić information content (AvgIpc) is 2.90. The number of nitrogens with one attached hydrogen (secondary N) is 2. The van der Waals surface area contributed by atoms with E-state index in [9.17, 15) is 4.39 Å². The average molecular weight is 292 g/mol. The lowest BCUT2D eigenvalue weighted by Gasteiger charge is -2.21. The first kappa shape index (κ1) is 15.8. The summed E-state index contributed by atoms with van der Waals surface area (Å²) < 4.78 is 13.5. The largest absolute Gasteiger partial charge is 0.356 e. The number of likely N-dealkylation sites (N-methyl/N-ethyl adjacent to an activating group) is 1. The molecule has 1 atom stereocenters. The topological polar surface area (TPSA) is 39.7 Å². The molecule has 2 N–H and O–H groups in total. The number of likely N-dealkylation sites (tertiary alicyclic amines) is 1. The first-order chi connectivity index (χ1) is 10.2. The van der Waals surface area contributed by atoms with Crippen LogP contribution in [0.15, 0.2) is 29.3 Å². The van der Waals surface area contributed by atoms with Crippen LogP contribution in [0.3, 0.4) is 0 Å². The van der Waals surface area contributed by atoms with E-state index in [-0.39, 0.29) is 5.82 Å². The van der Waals surface area contributed by atoms with Gasteiger partial charge in [-0.1, -0.05) is 18.2 Å². The van der Waals surface area contributed by atoms with Crippen LogP contribution in [0.1, 0.15) is 18.4 Å². The van der Waals surface area contributed by atoms with Gasteiger partial charge in [0.25, 0.3) is 0 Å². The van der Waals surface area contributed by atoms with Crippen molar-refractivity contribution in [2.75, 3.05) is 33.7 Å². The predicted octanol–water partition coefficient (Wildman–Crippen LogP) is 1.63. The summed E-state index contributed by atoms with van der Waals surface area (Å²) in [6, 6.07) is 7.47. The van der Waals surface area contributed by atoms with Gasteiger partial charge >= 0.3 is 0 Å². The number of halogens is 1. The van der Waals surface area contributed by atoms with Crippen molar-refractivity contribution in [2.24, 2.45) is 4.99 Å². The first-order valence-electron chi connectivity index (χ1n) is 7.59. The number of rotatable bonds is 5. The van der Waals surface area contributed by atoms with E-state index in [1.165, 1.54) is 25.5 Å². The molecular formula is C16H25FN4. The number of guanidine groups is 1. The van der Waals surface area contributed by atoms with E-state index < -0.39 is 0 Å². The number of benzene rings is 1. The van der Waals surface area contributed by atoms with Gasteiger partial charge in [-0.3, -0.25) is 4.99 Å². The molecule has 0 aromatic heterocycles. The quantitative estimate of drug-likeness (QED) is 0.640. The Balaban J connectivity index is 1.72. The first-order valence-corrected chi connectivity index (χ1v) is 7.59. The van der Waals surface area contributed by atoms with Crippen molar-refractivity contribution in [3.8, 4) is 0 Å². The molecule has 0 saturated carbocycles. The fraction of sp³-hybridized carbons (Fsp3) is 0.562. The van der Waals surface area contributed by atoms with Crippen molar-refractivity contribution in [1.29, 1.82) is 0 Å². The van der Waals surface area contributed by atoms with Crippen LogP contribution >= 0.6 is 0 Å². The van der Waals surface area contributed by atoms with Crippen LogP contribution in [-0.2, 0) is 6.42 Å². The fourth-order valence-electron chi connectivity index (χ4n) is 2.69. The molecule has 4 nitrogen and oxygen atoms in total. The molecule has 1 aromatic carbocycles. The Kier molecular flexibility index (Phi) is 5.99. The van der Waals surface area contributed by atoms with Crippen LogP contribution in [-0.4, -0.2) is 50.6 Å². The molecule has 1 saturated heterocycles. The Bertz CT molecular complexity index is 475. The maximum Gasteiger partial charge on any atom is 0.191 e. The minimum atomic E-state index is -0.144. The van der Waals surface area contributed by atoms with Gasteiger partial charge in [0.1, 0.15) is 5.82 Å². The molecule has 0 aliphatic carbocycles. The van der Waals surface area contributed by atoms with Crippen LogP contribution in [0.2, 0.25) is 0 Å². The van der Waals surface area contributed by atoms with E-state index in [0.717, 1.165) is 18.1 Å². The van der Waals surface area contributed by atoms with Crippen molar-refractivity contribution >= 4 is 5.96 Å². The Morgan fingerprint density at radius 2 is 2.19 bits per heavy atom. The molecule has 2 rings (SSSR count). The van der Waals surface area contributed by atoms with Gasteiger partial charge in [0, 0.05) is 26.2 Å². The Morgan fingerprint density at radius 3 is 2.86 bits per heavy atom. The van der Waals surface area contributed by atoms with Gasteiger partial charge in [-0.25, -0.2) is 4.39 Å². The molecule has 1 aromatic rings. The van der Waals surface area contributed by atoms with E-state index in [1.54, 1.807) is 13.1 Å². The van der Waals surface area contributed by atoms with Crippen molar-refractivity contribution in [1.82, 2.24) is 15.5 Å². The second-order valence-corrected chi connectivity index (χ2v) is 5.50. The lowest BCUT2D eigenvalue weighted by molar-refractivity contribution is 0.309. The number of hydrogen-bond donors (Lipinski definition) is 2. The Morgan fingerprint density at radius 1 is 1.38 bits per heavy atom. The van der Waals surface area contributed by atoms with Crippen molar-refractivity contribution in [2.45, 2.75) is 25.3 Å². The molecule has 0 bridgehead atoms. The number of aliphatic imine (C=N–C) groups is 1. The van der Waals surface area contributed by atoms with Crippen LogP contribution in [0.25, 0.3) is 0 Å². The van der Waals surface area contributed by atoms with E-state index >= 15 is 0 Å². The summed E-state index contributed by atoms with van der Waals surface area (Å²) >= 11 is 0. The molecule has 21 heavy (non-hydrogen) atoms. The molecule has 1 unspecified atom stereocenters. The van der Waals surface area contributed by atoms with Gasteiger partial charge in [0.15, 0.2) is 5.96 Å². The molecule has 0 spiro atoms. The third-order valence-electron chi connectivity index (χ3n) is 4.04. The van der Waals surface area contributed by atoms with Gasteiger partial charge in [0.05, 0.1) is 0 Å². The predicted molar refractivity (Wildman–Crippen MR) is 85.1 cm³/mol. The smallest absolute Gasteiger partial charge is 0.191 e. The summed E-state index contributed by atoms with van der Waals surface area (Å²) in [5.74, 6) is 0.640. The fourth-order valence-corrected chi connectivity index (χ4v) is 2.69. The van der Waals surface area contributed by atoms with Crippen LogP contribution in [0.4, 0.5) is 4.39 Å². The Labute approximate surface area is 126 Å². The third-order valence-corrected chi connectivity index (χ3v) is 4.04. The highest BCUT2D eigenvalue weighted by molar-refractivity contribution is 5.79. The second-order valence-electron chi connectivity index (χ2n) is 5.50. The number of hydrogen-bond acceptors (Lipinski definition) is 2. The zero-order valence-electron chi connectivity index (χ0n) is 12.9. The lowest BCUT2D eigenvalue weighted by Crippen LogP contribution is -2.44. The second kappa shape index (κ2) is 7.98. The molecular weight excluding hydrogens is 267 g/mol. The van der Waals surface area contributed by atoms with E-state index in [0.29, 0.717) is 19.0 Å². The summed E-state index contributed by atoms with van der Waals surface area (Å²) in [4.78, 5) is 6.58. The summed E-state index contributed by atoms with van der Waals surface area (Å²) in [5, 5.41) is 6.58. The normalized spacial score (nSPS) is 19.8. The van der Waals surface area contributed by atoms with Gasteiger partial charge in [-0.15, -0.1) is 0 Å². The highest BCUT2D eigenvalue weighted by Crippen LogP contribution is 2.13. The monoisotopic (exact) mass is 292 g/mol. The summed E-state index contributed by atoms with van der Waals surface area (Å²) in [6.45, 7) is 2.74. The third kappa shape index (κ3) is 4.70. The zero-order valence-corrected chi connectivity index (χ0v) is 12.9. The van der Waals surface area contributed by atoms with E-state index in [1.807, 2.05) is 12.1 Å². The van der Waals surface area contributed by atoms with E-state index in [2.05, 4.69) is 27.6 Å². The summed E-state index contributed by atoms with van der Waals surface area (Å²) in [5.41, 5.74) is 0.732. The van der Waals surface area contributed by atoms with Crippen LogP contribution < -0.4 is 10.6 Å². The SMILES string of the molecule is CN=C(NCCc1ccccc1F)NCC1CCCN1C. The number of nitrogens with zero attached hydrogens (tertiary/aromatic N) is 2. The van der Waals surface area contributed by atoms with Crippen LogP contribution in [0, 0.1) is 5.82 Å². The lowest BCUT2D eigenvalue weighted by atomic mass is 10.1. The van der Waals surface area contributed by atoms with Crippen molar-refractivity contribution in [3.63, 3.8) is 0 Å². The molecule has 1 heterocycles. The highest BCUT2D eigenvalue weighted by Gasteiger charge is 2.20. The Hall–Kier alpha value is -1.62. The molecule has 1 aliphatic rings. The molecule has 1 aliphatic heterocycles. The molecule has 1 fully saturated rings.